The Kier molecular flexibility index (Phi) is 2.25. The Morgan fingerprint density at radius 3 is 2.81 bits per heavy atom. The van der Waals surface area contributed by atoms with Crippen LogP contribution in [-0.4, -0.2) is 11.0 Å². The van der Waals surface area contributed by atoms with E-state index in [-0.39, 0.29) is 0 Å². The number of aromatic amines is 1. The molecule has 1 aliphatic carbocycles. The lowest BCUT2D eigenvalue weighted by molar-refractivity contribution is 0.675. The average Bonchev–Trinajstić information content (AvgIpc) is 3.04. The van der Waals surface area contributed by atoms with Gasteiger partial charge < -0.3 is 10.3 Å². The first kappa shape index (κ1) is 9.91. The summed E-state index contributed by atoms with van der Waals surface area (Å²) < 4.78 is 0. The van der Waals surface area contributed by atoms with E-state index in [1.807, 2.05) is 0 Å². The molecule has 2 N–H and O–H groups in total. The second-order valence-corrected chi connectivity index (χ2v) is 4.88. The van der Waals surface area contributed by atoms with Gasteiger partial charge in [0, 0.05) is 29.2 Å². The summed E-state index contributed by atoms with van der Waals surface area (Å²) in [6.45, 7) is 5.35. The van der Waals surface area contributed by atoms with Gasteiger partial charge in [-0.25, -0.2) is 0 Å². The number of benzene rings is 1. The summed E-state index contributed by atoms with van der Waals surface area (Å²) in [7, 11) is 0. The Bertz CT molecular complexity index is 521. The Hall–Kier alpha value is -1.28. The third kappa shape index (κ3) is 1.63. The van der Waals surface area contributed by atoms with E-state index in [4.69, 9.17) is 0 Å². The molecular formula is C14H18N2. The second kappa shape index (κ2) is 3.63. The molecule has 16 heavy (non-hydrogen) atoms. The van der Waals surface area contributed by atoms with Crippen molar-refractivity contribution in [2.45, 2.75) is 39.3 Å². The van der Waals surface area contributed by atoms with Crippen molar-refractivity contribution in [2.24, 2.45) is 0 Å². The lowest BCUT2D eigenvalue weighted by Crippen LogP contribution is -2.16. The molecule has 2 aromatic rings. The first-order chi connectivity index (χ1) is 7.75. The van der Waals surface area contributed by atoms with Crippen molar-refractivity contribution < 1.29 is 0 Å². The van der Waals surface area contributed by atoms with Crippen molar-refractivity contribution in [2.75, 3.05) is 0 Å². The van der Waals surface area contributed by atoms with Crippen molar-refractivity contribution in [1.29, 1.82) is 0 Å². The van der Waals surface area contributed by atoms with Gasteiger partial charge in [-0.2, -0.15) is 0 Å². The van der Waals surface area contributed by atoms with Crippen LogP contribution in [0.25, 0.3) is 10.9 Å². The van der Waals surface area contributed by atoms with Crippen LogP contribution in [0.2, 0.25) is 0 Å². The predicted octanol–water partition coefficient (Wildman–Crippen LogP) is 3.04. The van der Waals surface area contributed by atoms with Gasteiger partial charge in [0.05, 0.1) is 0 Å². The van der Waals surface area contributed by atoms with Gasteiger partial charge in [-0.15, -0.1) is 0 Å². The molecule has 1 aromatic carbocycles. The van der Waals surface area contributed by atoms with Crippen LogP contribution in [0.4, 0.5) is 0 Å². The summed E-state index contributed by atoms with van der Waals surface area (Å²) in [5.74, 6) is 0. The van der Waals surface area contributed by atoms with Gasteiger partial charge in [-0.05, 0) is 37.8 Å². The summed E-state index contributed by atoms with van der Waals surface area (Å²) in [4.78, 5) is 3.55. The fraction of sp³-hybridized carbons (Fsp3) is 0.429. The number of nitrogens with one attached hydrogen (secondary N) is 2. The molecule has 0 radical (unpaired) electrons. The second-order valence-electron chi connectivity index (χ2n) is 4.88. The van der Waals surface area contributed by atoms with Crippen molar-refractivity contribution in [1.82, 2.24) is 10.3 Å². The van der Waals surface area contributed by atoms with Gasteiger partial charge in [0.2, 0.25) is 0 Å². The molecule has 1 fully saturated rings. The van der Waals surface area contributed by atoms with E-state index in [1.54, 1.807) is 0 Å². The molecule has 0 amide bonds. The van der Waals surface area contributed by atoms with Crippen LogP contribution in [0, 0.1) is 13.8 Å². The molecule has 0 atom stereocenters. The topological polar surface area (TPSA) is 27.8 Å². The monoisotopic (exact) mass is 214 g/mol. The standard InChI is InChI=1S/C14H18N2/c1-9-4-3-5-12-10(2)13(16-14(9)12)8-15-11-6-7-11/h3-5,11,15-16H,6-8H2,1-2H3. The Morgan fingerprint density at radius 2 is 2.12 bits per heavy atom. The highest BCUT2D eigenvalue weighted by molar-refractivity contribution is 5.86. The molecule has 3 rings (SSSR count). The van der Waals surface area contributed by atoms with Gasteiger partial charge in [-0.3, -0.25) is 0 Å². The van der Waals surface area contributed by atoms with Crippen LogP contribution >= 0.6 is 0 Å². The molecule has 1 heterocycles. The summed E-state index contributed by atoms with van der Waals surface area (Å²) >= 11 is 0. The van der Waals surface area contributed by atoms with Crippen LogP contribution < -0.4 is 5.32 Å². The number of fused-ring (bicyclic) bond motifs is 1. The number of aryl methyl sites for hydroxylation is 2. The number of aromatic nitrogens is 1. The SMILES string of the molecule is Cc1c(CNC2CC2)[nH]c2c(C)cccc12. The average molecular weight is 214 g/mol. The molecule has 2 heteroatoms. The molecule has 0 unspecified atom stereocenters. The van der Waals surface area contributed by atoms with Gasteiger partial charge in [0.25, 0.3) is 0 Å². The zero-order valence-corrected chi connectivity index (χ0v) is 9.93. The maximum Gasteiger partial charge on any atom is 0.0488 e. The van der Waals surface area contributed by atoms with Crippen LogP contribution in [0.5, 0.6) is 0 Å². The summed E-state index contributed by atoms with van der Waals surface area (Å²) in [6.07, 6.45) is 2.69. The zero-order chi connectivity index (χ0) is 11.1. The number of para-hydroxylation sites is 1. The summed E-state index contributed by atoms with van der Waals surface area (Å²) in [5.41, 5.74) is 5.37. The fourth-order valence-corrected chi connectivity index (χ4v) is 2.26. The third-order valence-corrected chi connectivity index (χ3v) is 3.55. The van der Waals surface area contributed by atoms with Crippen LogP contribution in [0.3, 0.4) is 0 Å². The first-order valence-electron chi connectivity index (χ1n) is 6.06. The number of H-pyrrole nitrogens is 1. The van der Waals surface area contributed by atoms with Crippen molar-refractivity contribution in [3.63, 3.8) is 0 Å². The first-order valence-corrected chi connectivity index (χ1v) is 6.06. The van der Waals surface area contributed by atoms with E-state index < -0.39 is 0 Å². The van der Waals surface area contributed by atoms with E-state index in [0.29, 0.717) is 0 Å². The third-order valence-electron chi connectivity index (χ3n) is 3.55. The van der Waals surface area contributed by atoms with Crippen molar-refractivity contribution >= 4 is 10.9 Å². The molecule has 1 aliphatic rings. The maximum atomic E-state index is 3.56. The molecule has 0 aliphatic heterocycles. The molecule has 0 saturated heterocycles. The molecule has 1 saturated carbocycles. The predicted molar refractivity (Wildman–Crippen MR) is 67.6 cm³/mol. The van der Waals surface area contributed by atoms with Crippen LogP contribution in [-0.2, 0) is 6.54 Å². The van der Waals surface area contributed by atoms with Crippen LogP contribution in [0.1, 0.15) is 29.7 Å². The van der Waals surface area contributed by atoms with E-state index in [0.717, 1.165) is 12.6 Å². The minimum absolute atomic E-state index is 0.770. The quantitative estimate of drug-likeness (QED) is 0.807. The molecule has 0 spiro atoms. The van der Waals surface area contributed by atoms with Gasteiger partial charge in [0.15, 0.2) is 0 Å². The number of hydrogen-bond acceptors (Lipinski definition) is 1. The highest BCUT2D eigenvalue weighted by atomic mass is 15.0. The molecule has 1 aromatic heterocycles. The highest BCUT2D eigenvalue weighted by Crippen LogP contribution is 2.25. The zero-order valence-electron chi connectivity index (χ0n) is 9.93. The van der Waals surface area contributed by atoms with E-state index in [2.05, 4.69) is 42.3 Å². The lowest BCUT2D eigenvalue weighted by atomic mass is 10.1. The van der Waals surface area contributed by atoms with Gasteiger partial charge in [0.1, 0.15) is 0 Å². The highest BCUT2D eigenvalue weighted by Gasteiger charge is 2.20. The summed E-state index contributed by atoms with van der Waals surface area (Å²) in [5, 5.41) is 4.93. The van der Waals surface area contributed by atoms with Crippen molar-refractivity contribution in [3.8, 4) is 0 Å². The van der Waals surface area contributed by atoms with Crippen molar-refractivity contribution in [3.05, 3.63) is 35.0 Å². The molecular weight excluding hydrogens is 196 g/mol. The molecule has 2 nitrogen and oxygen atoms in total. The largest absolute Gasteiger partial charge is 0.357 e. The summed E-state index contributed by atoms with van der Waals surface area (Å²) in [6, 6.07) is 7.27. The Labute approximate surface area is 96.1 Å². The maximum absolute atomic E-state index is 3.56. The number of hydrogen-bond donors (Lipinski definition) is 2. The minimum atomic E-state index is 0.770. The van der Waals surface area contributed by atoms with E-state index in [9.17, 15) is 0 Å². The lowest BCUT2D eigenvalue weighted by Gasteiger charge is -2.01. The molecule has 0 bridgehead atoms. The van der Waals surface area contributed by atoms with E-state index in [1.165, 1.54) is 40.6 Å². The Balaban J connectivity index is 1.97. The van der Waals surface area contributed by atoms with Gasteiger partial charge in [-0.1, -0.05) is 18.2 Å². The van der Waals surface area contributed by atoms with Gasteiger partial charge >= 0.3 is 0 Å². The minimum Gasteiger partial charge on any atom is -0.357 e. The smallest absolute Gasteiger partial charge is 0.0488 e. The van der Waals surface area contributed by atoms with E-state index >= 15 is 0 Å². The Morgan fingerprint density at radius 1 is 1.31 bits per heavy atom. The number of rotatable bonds is 3. The molecule has 84 valence electrons. The normalized spacial score (nSPS) is 15.9. The van der Waals surface area contributed by atoms with Crippen LogP contribution in [0.15, 0.2) is 18.2 Å². The fourth-order valence-electron chi connectivity index (χ4n) is 2.26.